The van der Waals surface area contributed by atoms with Crippen LogP contribution < -0.4 is 10.1 Å². The molecular weight excluding hydrogens is 378 g/mol. The fourth-order valence-electron chi connectivity index (χ4n) is 2.68. The van der Waals surface area contributed by atoms with Gasteiger partial charge in [-0.05, 0) is 42.8 Å². The lowest BCUT2D eigenvalue weighted by Crippen LogP contribution is -2.56. The van der Waals surface area contributed by atoms with Crippen molar-refractivity contribution in [2.75, 3.05) is 18.4 Å². The molecule has 0 unspecified atom stereocenters. The number of nitrogens with zero attached hydrogens (tertiary/aromatic N) is 2. The molecule has 1 N–H and O–H groups in total. The van der Waals surface area contributed by atoms with Crippen molar-refractivity contribution in [2.45, 2.75) is 19.2 Å². The summed E-state index contributed by atoms with van der Waals surface area (Å²) >= 11 is 0. The van der Waals surface area contributed by atoms with Crippen LogP contribution in [-0.4, -0.2) is 35.0 Å². The number of amides is 1. The molecule has 0 saturated carbocycles. The monoisotopic (exact) mass is 395 g/mol. The van der Waals surface area contributed by atoms with E-state index in [4.69, 9.17) is 4.74 Å². The summed E-state index contributed by atoms with van der Waals surface area (Å²) < 4.78 is 56.8. The first-order chi connectivity index (χ1) is 13.1. The second kappa shape index (κ2) is 7.49. The molecule has 0 aliphatic carbocycles. The third-order valence-corrected chi connectivity index (χ3v) is 4.23. The standard InChI is InChI=1S/C19H17F4N3O2/c1-11-7-8-24-17(25-14-5-3-13(4-6-14)19(21,22)23)16(11)28-15-9-26(10-15)18(27)12(2)20/h3-8,15H,2,9-10H2,1H3,(H,24,25). The average Bonchev–Trinajstić information content (AvgIpc) is 2.58. The van der Waals surface area contributed by atoms with E-state index in [1.165, 1.54) is 23.2 Å². The lowest BCUT2D eigenvalue weighted by molar-refractivity contribution is -0.138. The lowest BCUT2D eigenvalue weighted by Gasteiger charge is -2.38. The van der Waals surface area contributed by atoms with Crippen LogP contribution in [0.5, 0.6) is 5.75 Å². The highest BCUT2D eigenvalue weighted by molar-refractivity contribution is 5.91. The number of aryl methyl sites for hydroxylation is 1. The molecule has 2 aromatic rings. The van der Waals surface area contributed by atoms with E-state index >= 15 is 0 Å². The smallest absolute Gasteiger partial charge is 0.416 e. The number of likely N-dealkylation sites (tertiary alicyclic amines) is 1. The summed E-state index contributed by atoms with van der Waals surface area (Å²) in [5, 5.41) is 2.94. The van der Waals surface area contributed by atoms with E-state index in [-0.39, 0.29) is 19.2 Å². The van der Waals surface area contributed by atoms with Gasteiger partial charge in [0.2, 0.25) is 0 Å². The normalized spacial score (nSPS) is 14.4. The number of anilines is 2. The average molecular weight is 395 g/mol. The van der Waals surface area contributed by atoms with Crippen LogP contribution in [0.15, 0.2) is 48.9 Å². The molecule has 5 nitrogen and oxygen atoms in total. The van der Waals surface area contributed by atoms with E-state index in [0.29, 0.717) is 17.3 Å². The number of hydrogen-bond acceptors (Lipinski definition) is 4. The molecule has 0 bridgehead atoms. The van der Waals surface area contributed by atoms with E-state index in [9.17, 15) is 22.4 Å². The Morgan fingerprint density at radius 1 is 1.25 bits per heavy atom. The molecule has 28 heavy (non-hydrogen) atoms. The van der Waals surface area contributed by atoms with E-state index in [0.717, 1.165) is 17.7 Å². The van der Waals surface area contributed by atoms with Crippen molar-refractivity contribution in [2.24, 2.45) is 0 Å². The topological polar surface area (TPSA) is 54.5 Å². The van der Waals surface area contributed by atoms with Crippen LogP contribution in [0, 0.1) is 6.92 Å². The molecule has 1 aromatic carbocycles. The first-order valence-corrected chi connectivity index (χ1v) is 8.35. The van der Waals surface area contributed by atoms with Crippen LogP contribution >= 0.6 is 0 Å². The summed E-state index contributed by atoms with van der Waals surface area (Å²) in [5.41, 5.74) is 0.416. The van der Waals surface area contributed by atoms with Gasteiger partial charge in [-0.3, -0.25) is 4.79 Å². The number of alkyl halides is 3. The van der Waals surface area contributed by atoms with Gasteiger partial charge in [-0.2, -0.15) is 13.2 Å². The molecule has 1 fully saturated rings. The zero-order chi connectivity index (χ0) is 20.5. The third kappa shape index (κ3) is 4.24. The Morgan fingerprint density at radius 2 is 1.89 bits per heavy atom. The van der Waals surface area contributed by atoms with Crippen molar-refractivity contribution in [3.8, 4) is 5.75 Å². The van der Waals surface area contributed by atoms with Crippen molar-refractivity contribution in [3.63, 3.8) is 0 Å². The van der Waals surface area contributed by atoms with Crippen molar-refractivity contribution >= 4 is 17.4 Å². The minimum absolute atomic E-state index is 0.204. The Balaban J connectivity index is 1.71. The molecule has 1 aliphatic rings. The molecule has 1 saturated heterocycles. The lowest BCUT2D eigenvalue weighted by atomic mass is 10.1. The van der Waals surface area contributed by atoms with Gasteiger partial charge in [-0.25, -0.2) is 9.37 Å². The maximum Gasteiger partial charge on any atom is 0.416 e. The highest BCUT2D eigenvalue weighted by Gasteiger charge is 2.34. The predicted octanol–water partition coefficient (Wildman–Crippen LogP) is 4.23. The van der Waals surface area contributed by atoms with Crippen molar-refractivity contribution < 1.29 is 27.1 Å². The number of benzene rings is 1. The largest absolute Gasteiger partial charge is 0.483 e. The minimum atomic E-state index is -4.41. The van der Waals surface area contributed by atoms with Gasteiger partial charge in [0, 0.05) is 11.9 Å². The van der Waals surface area contributed by atoms with E-state index in [2.05, 4.69) is 16.9 Å². The van der Waals surface area contributed by atoms with Crippen LogP contribution in [0.2, 0.25) is 0 Å². The number of rotatable bonds is 5. The van der Waals surface area contributed by atoms with Gasteiger partial charge in [-0.15, -0.1) is 0 Å². The number of carbonyl (C=O) groups is 1. The molecule has 3 rings (SSSR count). The number of aromatic nitrogens is 1. The molecule has 1 aromatic heterocycles. The molecule has 1 aliphatic heterocycles. The number of nitrogens with one attached hydrogen (secondary N) is 1. The van der Waals surface area contributed by atoms with E-state index < -0.39 is 23.5 Å². The predicted molar refractivity (Wildman–Crippen MR) is 94.9 cm³/mol. The van der Waals surface area contributed by atoms with Crippen LogP contribution in [0.3, 0.4) is 0 Å². The molecule has 148 valence electrons. The SMILES string of the molecule is C=C(F)C(=O)N1CC(Oc2c(C)ccnc2Nc2ccc(C(F)(F)F)cc2)C1. The van der Waals surface area contributed by atoms with Crippen molar-refractivity contribution in [1.82, 2.24) is 9.88 Å². The second-order valence-corrected chi connectivity index (χ2v) is 6.36. The van der Waals surface area contributed by atoms with Gasteiger partial charge >= 0.3 is 6.18 Å². The maximum atomic E-state index is 12.9. The fraction of sp³-hybridized carbons (Fsp3) is 0.263. The summed E-state index contributed by atoms with van der Waals surface area (Å²) in [6.07, 6.45) is -3.22. The Labute approximate surface area is 158 Å². The second-order valence-electron chi connectivity index (χ2n) is 6.36. The third-order valence-electron chi connectivity index (χ3n) is 4.23. The van der Waals surface area contributed by atoms with E-state index in [1.807, 2.05) is 0 Å². The Morgan fingerprint density at radius 3 is 2.46 bits per heavy atom. The van der Waals surface area contributed by atoms with Gasteiger partial charge in [-0.1, -0.05) is 6.58 Å². The molecular formula is C19H17F4N3O2. The van der Waals surface area contributed by atoms with Gasteiger partial charge < -0.3 is 15.0 Å². The Bertz CT molecular complexity index is 891. The quantitative estimate of drug-likeness (QED) is 0.608. The number of hydrogen-bond donors (Lipinski definition) is 1. The van der Waals surface area contributed by atoms with Gasteiger partial charge in [0.1, 0.15) is 6.10 Å². The minimum Gasteiger partial charge on any atom is -0.483 e. The molecule has 0 atom stereocenters. The number of pyridine rings is 1. The first-order valence-electron chi connectivity index (χ1n) is 8.35. The van der Waals surface area contributed by atoms with Gasteiger partial charge in [0.05, 0.1) is 18.7 Å². The van der Waals surface area contributed by atoms with Crippen LogP contribution in [0.1, 0.15) is 11.1 Å². The van der Waals surface area contributed by atoms with Gasteiger partial charge in [0.25, 0.3) is 5.91 Å². The van der Waals surface area contributed by atoms with Crippen LogP contribution in [-0.2, 0) is 11.0 Å². The fourth-order valence-corrected chi connectivity index (χ4v) is 2.68. The summed E-state index contributed by atoms with van der Waals surface area (Å²) in [6.45, 7) is 5.17. The van der Waals surface area contributed by atoms with E-state index in [1.54, 1.807) is 13.0 Å². The van der Waals surface area contributed by atoms with Gasteiger partial charge in [0.15, 0.2) is 17.4 Å². The first kappa shape index (κ1) is 19.7. The Hall–Kier alpha value is -3.10. The molecule has 0 spiro atoms. The summed E-state index contributed by atoms with van der Waals surface area (Å²) in [6, 6.07) is 6.26. The Kier molecular flexibility index (Phi) is 5.26. The number of carbonyl (C=O) groups excluding carboxylic acids is 1. The summed E-state index contributed by atoms with van der Waals surface area (Å²) in [4.78, 5) is 16.9. The summed E-state index contributed by atoms with van der Waals surface area (Å²) in [7, 11) is 0. The van der Waals surface area contributed by atoms with Crippen molar-refractivity contribution in [3.05, 3.63) is 60.1 Å². The molecule has 1 amide bonds. The molecule has 0 radical (unpaired) electrons. The summed E-state index contributed by atoms with van der Waals surface area (Å²) in [5.74, 6) is -1.05. The van der Waals surface area contributed by atoms with Crippen LogP contribution in [0.4, 0.5) is 29.1 Å². The maximum absolute atomic E-state index is 12.9. The zero-order valence-corrected chi connectivity index (χ0v) is 14.9. The molecule has 2 heterocycles. The number of halogens is 4. The van der Waals surface area contributed by atoms with Crippen LogP contribution in [0.25, 0.3) is 0 Å². The highest BCUT2D eigenvalue weighted by atomic mass is 19.4. The molecule has 9 heteroatoms. The zero-order valence-electron chi connectivity index (χ0n) is 14.9. The number of ether oxygens (including phenoxy) is 1. The van der Waals surface area contributed by atoms with Crippen molar-refractivity contribution in [1.29, 1.82) is 0 Å². The highest BCUT2D eigenvalue weighted by Crippen LogP contribution is 2.33.